The minimum atomic E-state index is 0.581. The standard InChI is InChI=1S/C26H35N5.C2H6/c1-7-23-25(27-5)11-10-24(30-23)19-12-16(2)26(17(3)13-19)28-18(4)31(6)22-14-20-8-9-21(15-22)29-20;1-2/h7,10-13,20-22,29H,8-9,14-15H2,1-6H3;1-2H3/b23-7+,27-25?,28-18?;. The zero-order valence-corrected chi connectivity index (χ0v) is 21.7. The molecule has 5 nitrogen and oxygen atoms in total. The number of aliphatic imine (C=N–C) groups is 3. The largest absolute Gasteiger partial charge is 0.360 e. The Labute approximate surface area is 200 Å². The monoisotopic (exact) mass is 447 g/mol. The quantitative estimate of drug-likeness (QED) is 0.461. The van der Waals surface area contributed by atoms with Gasteiger partial charge in [-0.25, -0.2) is 9.98 Å². The fourth-order valence-electron chi connectivity index (χ4n) is 5.16. The number of piperidine rings is 1. The van der Waals surface area contributed by atoms with Crippen molar-refractivity contribution in [1.29, 1.82) is 0 Å². The summed E-state index contributed by atoms with van der Waals surface area (Å²) < 4.78 is 0. The predicted molar refractivity (Wildman–Crippen MR) is 144 cm³/mol. The lowest BCUT2D eigenvalue weighted by atomic mass is 9.98. The highest BCUT2D eigenvalue weighted by Crippen LogP contribution is 2.31. The van der Waals surface area contributed by atoms with Crippen LogP contribution in [0.15, 0.2) is 51.0 Å². The predicted octanol–water partition coefficient (Wildman–Crippen LogP) is 5.93. The zero-order chi connectivity index (χ0) is 24.1. The van der Waals surface area contributed by atoms with Gasteiger partial charge in [-0.3, -0.25) is 4.99 Å². The lowest BCUT2D eigenvalue weighted by molar-refractivity contribution is 0.243. The molecule has 2 unspecified atom stereocenters. The Morgan fingerprint density at radius 3 is 2.24 bits per heavy atom. The molecule has 2 saturated heterocycles. The van der Waals surface area contributed by atoms with Gasteiger partial charge >= 0.3 is 0 Å². The van der Waals surface area contributed by atoms with Crippen molar-refractivity contribution in [3.05, 3.63) is 52.7 Å². The van der Waals surface area contributed by atoms with Gasteiger partial charge in [-0.2, -0.15) is 0 Å². The Morgan fingerprint density at radius 2 is 1.70 bits per heavy atom. The highest BCUT2D eigenvalue weighted by atomic mass is 15.2. The third kappa shape index (κ3) is 5.52. The Morgan fingerprint density at radius 1 is 1.09 bits per heavy atom. The van der Waals surface area contributed by atoms with Crippen LogP contribution in [-0.2, 0) is 0 Å². The lowest BCUT2D eigenvalue weighted by Gasteiger charge is -2.36. The second-order valence-corrected chi connectivity index (χ2v) is 9.10. The van der Waals surface area contributed by atoms with E-state index in [4.69, 9.17) is 9.98 Å². The minimum Gasteiger partial charge on any atom is -0.360 e. The first-order chi connectivity index (χ1) is 15.9. The number of hydrogen-bond donors (Lipinski definition) is 1. The van der Waals surface area contributed by atoms with Crippen molar-refractivity contribution in [1.82, 2.24) is 10.2 Å². The van der Waals surface area contributed by atoms with Crippen LogP contribution in [0.4, 0.5) is 5.69 Å². The van der Waals surface area contributed by atoms with E-state index >= 15 is 0 Å². The Kier molecular flexibility index (Phi) is 8.41. The van der Waals surface area contributed by atoms with E-state index in [1.54, 1.807) is 7.05 Å². The van der Waals surface area contributed by atoms with Crippen LogP contribution < -0.4 is 5.32 Å². The van der Waals surface area contributed by atoms with Crippen molar-refractivity contribution >= 4 is 22.9 Å². The summed E-state index contributed by atoms with van der Waals surface area (Å²) in [6.07, 6.45) is 11.2. The van der Waals surface area contributed by atoms with E-state index in [1.807, 2.05) is 32.9 Å². The number of benzene rings is 1. The van der Waals surface area contributed by atoms with Gasteiger partial charge in [0, 0.05) is 37.8 Å². The van der Waals surface area contributed by atoms with Crippen molar-refractivity contribution in [2.45, 2.75) is 85.4 Å². The van der Waals surface area contributed by atoms with Crippen LogP contribution >= 0.6 is 0 Å². The fraction of sp³-hybridized carbons (Fsp3) is 0.536. The van der Waals surface area contributed by atoms with Crippen LogP contribution in [-0.4, -0.2) is 54.4 Å². The first-order valence-electron chi connectivity index (χ1n) is 12.5. The van der Waals surface area contributed by atoms with E-state index in [9.17, 15) is 0 Å². The van der Waals surface area contributed by atoms with E-state index in [0.717, 1.165) is 34.2 Å². The van der Waals surface area contributed by atoms with Crippen molar-refractivity contribution in [3.8, 4) is 0 Å². The van der Waals surface area contributed by atoms with Crippen molar-refractivity contribution in [2.75, 3.05) is 14.1 Å². The molecule has 33 heavy (non-hydrogen) atoms. The fourth-order valence-corrected chi connectivity index (χ4v) is 5.16. The minimum absolute atomic E-state index is 0.581. The molecule has 3 aliphatic heterocycles. The second kappa shape index (κ2) is 11.1. The van der Waals surface area contributed by atoms with E-state index in [-0.39, 0.29) is 0 Å². The Hall–Kier alpha value is -2.53. The number of rotatable bonds is 3. The summed E-state index contributed by atoms with van der Waals surface area (Å²) in [5, 5.41) is 3.74. The van der Waals surface area contributed by atoms with Crippen LogP contribution in [0, 0.1) is 13.8 Å². The van der Waals surface area contributed by atoms with E-state index in [2.05, 4.69) is 61.2 Å². The van der Waals surface area contributed by atoms with Gasteiger partial charge in [-0.1, -0.05) is 19.9 Å². The molecule has 0 radical (unpaired) electrons. The maximum Gasteiger partial charge on any atom is 0.102 e. The summed E-state index contributed by atoms with van der Waals surface area (Å²) in [6.45, 7) is 12.4. The van der Waals surface area contributed by atoms with E-state index in [1.165, 1.54) is 36.8 Å². The summed E-state index contributed by atoms with van der Waals surface area (Å²) in [6, 6.07) is 6.36. The normalized spacial score (nSPS) is 26.8. The molecule has 0 spiro atoms. The highest BCUT2D eigenvalue weighted by molar-refractivity contribution is 6.21. The highest BCUT2D eigenvalue weighted by Gasteiger charge is 2.35. The molecule has 0 saturated carbocycles. The second-order valence-electron chi connectivity index (χ2n) is 9.10. The lowest BCUT2D eigenvalue weighted by Crippen LogP contribution is -2.48. The average Bonchev–Trinajstić information content (AvgIpc) is 3.18. The van der Waals surface area contributed by atoms with Crippen molar-refractivity contribution in [3.63, 3.8) is 0 Å². The van der Waals surface area contributed by atoms with Gasteiger partial charge in [0.2, 0.25) is 0 Å². The summed E-state index contributed by atoms with van der Waals surface area (Å²) in [7, 11) is 4.01. The molecule has 3 heterocycles. The van der Waals surface area contributed by atoms with Gasteiger partial charge in [0.1, 0.15) is 5.84 Å². The zero-order valence-electron chi connectivity index (χ0n) is 21.7. The van der Waals surface area contributed by atoms with Crippen molar-refractivity contribution in [2.24, 2.45) is 15.0 Å². The molecule has 178 valence electrons. The van der Waals surface area contributed by atoms with Crippen LogP contribution in [0.25, 0.3) is 0 Å². The molecular formula is C28H41N5. The molecule has 2 bridgehead atoms. The molecular weight excluding hydrogens is 406 g/mol. The number of fused-ring (bicyclic) bond motifs is 2. The summed E-state index contributed by atoms with van der Waals surface area (Å²) in [4.78, 5) is 16.6. The number of nitrogens with one attached hydrogen (secondary N) is 1. The molecule has 1 aromatic rings. The van der Waals surface area contributed by atoms with E-state index < -0.39 is 0 Å². The number of aryl methyl sites for hydroxylation is 2. The summed E-state index contributed by atoms with van der Waals surface area (Å²) >= 11 is 0. The van der Waals surface area contributed by atoms with E-state index in [0.29, 0.717) is 18.1 Å². The third-order valence-electron chi connectivity index (χ3n) is 6.98. The van der Waals surface area contributed by atoms with Crippen LogP contribution in [0.2, 0.25) is 0 Å². The maximum absolute atomic E-state index is 5.08. The number of hydrogen-bond acceptors (Lipinski definition) is 4. The number of amidine groups is 1. The first-order valence-corrected chi connectivity index (χ1v) is 12.5. The number of nitrogens with zero attached hydrogens (tertiary/aromatic N) is 4. The molecule has 2 atom stereocenters. The molecule has 1 N–H and O–H groups in total. The summed E-state index contributed by atoms with van der Waals surface area (Å²) in [5.41, 5.74) is 7.38. The van der Waals surface area contributed by atoms with Gasteiger partial charge in [-0.15, -0.1) is 0 Å². The van der Waals surface area contributed by atoms with Gasteiger partial charge < -0.3 is 10.2 Å². The molecule has 1 aromatic carbocycles. The molecule has 0 aromatic heterocycles. The molecule has 4 rings (SSSR count). The van der Waals surface area contributed by atoms with Gasteiger partial charge in [0.05, 0.1) is 22.8 Å². The number of dihydropyridines is 1. The molecule has 0 amide bonds. The third-order valence-corrected chi connectivity index (χ3v) is 6.98. The molecule has 2 fully saturated rings. The average molecular weight is 448 g/mol. The smallest absolute Gasteiger partial charge is 0.102 e. The van der Waals surface area contributed by atoms with Crippen LogP contribution in [0.1, 0.15) is 70.1 Å². The summed E-state index contributed by atoms with van der Waals surface area (Å²) in [5.74, 6) is 1.10. The molecule has 0 aliphatic carbocycles. The van der Waals surface area contributed by atoms with Gasteiger partial charge in [0.25, 0.3) is 0 Å². The van der Waals surface area contributed by atoms with Gasteiger partial charge in [-0.05, 0) is 88.8 Å². The maximum atomic E-state index is 5.08. The topological polar surface area (TPSA) is 52.4 Å². The van der Waals surface area contributed by atoms with Crippen molar-refractivity contribution < 1.29 is 0 Å². The first kappa shape index (κ1) is 25.1. The van der Waals surface area contributed by atoms with Crippen LogP contribution in [0.5, 0.6) is 0 Å². The SMILES string of the molecule is C/C=C1/N=C(c2cc(C)c(N=C(C)N(C)C3CC4CCC(C3)N4)c(C)c2)C=CC1=NC.CC. The molecule has 5 heteroatoms. The molecule has 3 aliphatic rings. The van der Waals surface area contributed by atoms with Gasteiger partial charge in [0.15, 0.2) is 0 Å². The van der Waals surface area contributed by atoms with Crippen LogP contribution in [0.3, 0.4) is 0 Å². The Bertz CT molecular complexity index is 976. The number of allylic oxidation sites excluding steroid dienone is 3. The Balaban J connectivity index is 0.00000149.